The van der Waals surface area contributed by atoms with Crippen LogP contribution in [0.5, 0.6) is 0 Å². The molecule has 4 rings (SSSR count). The average Bonchev–Trinajstić information content (AvgIpc) is 3.43. The van der Waals surface area contributed by atoms with Crippen molar-refractivity contribution in [1.29, 1.82) is 5.41 Å². The fourth-order valence-electron chi connectivity index (χ4n) is 2.13. The molecule has 0 radical (unpaired) electrons. The van der Waals surface area contributed by atoms with E-state index in [2.05, 4.69) is 24.6 Å². The van der Waals surface area contributed by atoms with E-state index in [1.165, 1.54) is 12.8 Å². The lowest BCUT2D eigenvalue weighted by atomic mass is 10.2. The summed E-state index contributed by atoms with van der Waals surface area (Å²) in [6.07, 6.45) is 2.56. The molecule has 11 heteroatoms. The van der Waals surface area contributed by atoms with Crippen LogP contribution in [-0.4, -0.2) is 50.7 Å². The third kappa shape index (κ3) is 7.52. The predicted molar refractivity (Wildman–Crippen MR) is 107 cm³/mol. The molecule has 3 aromatic rings. The van der Waals surface area contributed by atoms with Gasteiger partial charge in [-0.3, -0.25) is 9.51 Å². The summed E-state index contributed by atoms with van der Waals surface area (Å²) >= 11 is 0. The van der Waals surface area contributed by atoms with Crippen molar-refractivity contribution in [1.82, 2.24) is 20.1 Å². The van der Waals surface area contributed by atoms with E-state index in [0.29, 0.717) is 23.0 Å². The van der Waals surface area contributed by atoms with Crippen LogP contribution in [0.1, 0.15) is 18.5 Å². The van der Waals surface area contributed by atoms with Crippen molar-refractivity contribution in [3.8, 4) is 11.5 Å². The van der Waals surface area contributed by atoms with Crippen LogP contribution >= 0.6 is 0 Å². The molecule has 7 N–H and O–H groups in total. The van der Waals surface area contributed by atoms with Gasteiger partial charge in [0.2, 0.25) is 5.82 Å². The molecule has 0 unspecified atom stereocenters. The van der Waals surface area contributed by atoms with Gasteiger partial charge < -0.3 is 26.7 Å². The Bertz CT molecular complexity index is 959. The molecule has 29 heavy (non-hydrogen) atoms. The number of aromatic nitrogens is 4. The topological polar surface area (TPSA) is 190 Å². The number of hydrogen-bond donors (Lipinski definition) is 5. The number of aliphatic hydroxyl groups is 1. The van der Waals surface area contributed by atoms with E-state index in [-0.39, 0.29) is 18.1 Å². The molecule has 0 bridgehead atoms. The molecule has 1 aliphatic rings. The number of H-pyrrole nitrogens is 1. The molecule has 0 saturated carbocycles. The minimum absolute atomic E-state index is 0.0808. The maximum Gasteiger partial charge on any atom is 0.439 e. The van der Waals surface area contributed by atoms with Gasteiger partial charge in [0.15, 0.2) is 0 Å². The molecule has 1 fully saturated rings. The second-order valence-corrected chi connectivity index (χ2v) is 5.80. The normalized spacial score (nSPS) is 12.3. The highest BCUT2D eigenvalue weighted by molar-refractivity contribution is 5.97. The second kappa shape index (κ2) is 11.3. The number of rotatable bonds is 3. The summed E-state index contributed by atoms with van der Waals surface area (Å²) in [7, 11) is 0. The van der Waals surface area contributed by atoms with Crippen molar-refractivity contribution in [2.45, 2.75) is 12.8 Å². The summed E-state index contributed by atoms with van der Waals surface area (Å²) in [6.45, 7) is 1.69. The number of nitrogens with one attached hydrogen (secondary N) is 2. The lowest BCUT2D eigenvalue weighted by Gasteiger charge is -1.98. The van der Waals surface area contributed by atoms with E-state index in [4.69, 9.17) is 26.7 Å². The quantitative estimate of drug-likeness (QED) is 0.395. The van der Waals surface area contributed by atoms with Crippen LogP contribution in [0.3, 0.4) is 0 Å². The van der Waals surface area contributed by atoms with Crippen LogP contribution in [0.25, 0.3) is 11.5 Å². The maximum absolute atomic E-state index is 10.6. The molecular weight excluding hydrogens is 378 g/mol. The number of anilines is 2. The van der Waals surface area contributed by atoms with E-state index < -0.39 is 5.76 Å². The Kier molecular flexibility index (Phi) is 8.48. The zero-order valence-electron chi connectivity index (χ0n) is 15.7. The van der Waals surface area contributed by atoms with Crippen molar-refractivity contribution < 1.29 is 14.4 Å². The molecular formula is C18H23N7O4. The molecule has 0 aliphatic carbocycles. The van der Waals surface area contributed by atoms with Crippen LogP contribution in [0.4, 0.5) is 11.6 Å². The van der Waals surface area contributed by atoms with E-state index >= 15 is 0 Å². The molecule has 0 aromatic carbocycles. The van der Waals surface area contributed by atoms with Crippen molar-refractivity contribution in [3.05, 3.63) is 52.6 Å². The van der Waals surface area contributed by atoms with Gasteiger partial charge in [-0.1, -0.05) is 17.3 Å². The predicted octanol–water partition coefficient (Wildman–Crippen LogP) is 0.828. The Morgan fingerprint density at radius 1 is 1.10 bits per heavy atom. The first kappa shape index (κ1) is 21.7. The van der Waals surface area contributed by atoms with Gasteiger partial charge in [0.05, 0.1) is 18.0 Å². The minimum atomic E-state index is -0.612. The highest BCUT2D eigenvalue weighted by atomic mass is 16.5. The third-order valence-electron chi connectivity index (χ3n) is 3.52. The van der Waals surface area contributed by atoms with Crippen molar-refractivity contribution >= 4 is 17.3 Å². The Morgan fingerprint density at radius 3 is 2.24 bits per heavy atom. The van der Waals surface area contributed by atoms with Gasteiger partial charge in [-0.2, -0.15) is 0 Å². The fraction of sp³-hybridized carbons (Fsp3) is 0.278. The monoisotopic (exact) mass is 401 g/mol. The first-order valence-electron chi connectivity index (χ1n) is 8.77. The number of aliphatic hydroxyl groups excluding tert-OH is 1. The first-order valence-corrected chi connectivity index (χ1v) is 8.77. The molecule has 154 valence electrons. The van der Waals surface area contributed by atoms with Crippen LogP contribution in [0, 0.1) is 5.41 Å². The van der Waals surface area contributed by atoms with Crippen molar-refractivity contribution in [2.24, 2.45) is 0 Å². The van der Waals surface area contributed by atoms with Gasteiger partial charge in [-0.05, 0) is 37.1 Å². The highest BCUT2D eigenvalue weighted by Crippen LogP contribution is 2.10. The Labute approximate surface area is 166 Å². The summed E-state index contributed by atoms with van der Waals surface area (Å²) in [6, 6.07) is 9.99. The Morgan fingerprint density at radius 2 is 1.76 bits per heavy atom. The molecule has 1 aliphatic heterocycles. The number of nitrogens with two attached hydrogens (primary N) is 2. The van der Waals surface area contributed by atoms with Gasteiger partial charge in [-0.25, -0.2) is 14.8 Å². The van der Waals surface area contributed by atoms with Gasteiger partial charge in [0.1, 0.15) is 17.3 Å². The number of nitrogens with zero attached hydrogens (tertiary/aromatic N) is 3. The SMILES string of the molecule is C1CCOC1.N=C(CO)c1cccc(N)n1.Nc1cccc(-c2noc(=O)[nH]2)n1. The summed E-state index contributed by atoms with van der Waals surface area (Å²) in [5.74, 6) is 0.388. The number of aromatic amines is 1. The van der Waals surface area contributed by atoms with Gasteiger partial charge in [0, 0.05) is 13.2 Å². The maximum atomic E-state index is 10.6. The average molecular weight is 401 g/mol. The third-order valence-corrected chi connectivity index (χ3v) is 3.52. The molecule has 4 heterocycles. The lowest BCUT2D eigenvalue weighted by Crippen LogP contribution is -2.07. The van der Waals surface area contributed by atoms with Gasteiger partial charge in [-0.15, -0.1) is 0 Å². The van der Waals surface area contributed by atoms with Crippen LogP contribution in [-0.2, 0) is 4.74 Å². The first-order chi connectivity index (χ1) is 14.0. The molecule has 0 amide bonds. The molecule has 0 atom stereocenters. The molecule has 0 spiro atoms. The molecule has 11 nitrogen and oxygen atoms in total. The zero-order chi connectivity index (χ0) is 21.1. The van der Waals surface area contributed by atoms with Crippen molar-refractivity contribution in [3.63, 3.8) is 0 Å². The number of hydrogen-bond acceptors (Lipinski definition) is 10. The standard InChI is InChI=1S/C7H6N4O2.C7H9N3O.C4H8O/c8-5-3-1-2-4(9-5)6-10-7(12)13-11-6;8-5(4-11)6-2-1-3-7(9)10-6;1-2-4-5-3-1/h1-3H,(H2,8,9)(H,10,11,12);1-3,8,11H,4H2,(H2,9,10);1-4H2. The minimum Gasteiger partial charge on any atom is -0.390 e. The zero-order valence-corrected chi connectivity index (χ0v) is 15.7. The summed E-state index contributed by atoms with van der Waals surface area (Å²) in [5.41, 5.74) is 11.8. The van der Waals surface area contributed by atoms with E-state index in [9.17, 15) is 4.79 Å². The highest BCUT2D eigenvalue weighted by Gasteiger charge is 2.04. The lowest BCUT2D eigenvalue weighted by molar-refractivity contribution is 0.198. The fourth-order valence-corrected chi connectivity index (χ4v) is 2.13. The van der Waals surface area contributed by atoms with Gasteiger partial charge in [0.25, 0.3) is 0 Å². The van der Waals surface area contributed by atoms with E-state index in [0.717, 1.165) is 13.2 Å². The molecule has 3 aromatic heterocycles. The smallest absolute Gasteiger partial charge is 0.390 e. The van der Waals surface area contributed by atoms with Crippen LogP contribution in [0.2, 0.25) is 0 Å². The van der Waals surface area contributed by atoms with Gasteiger partial charge >= 0.3 is 5.76 Å². The van der Waals surface area contributed by atoms with E-state index in [1.807, 2.05) is 0 Å². The number of pyridine rings is 2. The van der Waals surface area contributed by atoms with Crippen molar-refractivity contribution in [2.75, 3.05) is 31.3 Å². The number of ether oxygens (including phenoxy) is 1. The summed E-state index contributed by atoms with van der Waals surface area (Å²) in [5, 5.41) is 19.2. The number of nitrogen functional groups attached to an aromatic ring is 2. The Hall–Kier alpha value is -3.57. The second-order valence-electron chi connectivity index (χ2n) is 5.80. The Balaban J connectivity index is 0.000000169. The van der Waals surface area contributed by atoms with Crippen LogP contribution < -0.4 is 17.2 Å². The summed E-state index contributed by atoms with van der Waals surface area (Å²) < 4.78 is 9.26. The van der Waals surface area contributed by atoms with Crippen LogP contribution in [0.15, 0.2) is 45.7 Å². The molecule has 1 saturated heterocycles. The summed E-state index contributed by atoms with van der Waals surface area (Å²) in [4.78, 5) is 20.8. The van der Waals surface area contributed by atoms with E-state index in [1.54, 1.807) is 36.4 Å². The largest absolute Gasteiger partial charge is 0.439 e.